The molecule has 0 saturated carbocycles. The molecule has 1 fully saturated rings. The second-order valence-electron chi connectivity index (χ2n) is 12.9. The molecule has 2 amide bonds. The van der Waals surface area contributed by atoms with Crippen LogP contribution in [-0.2, 0) is 12.0 Å². The molecule has 0 spiro atoms. The van der Waals surface area contributed by atoms with Gasteiger partial charge in [0.25, 0.3) is 0 Å². The Morgan fingerprint density at radius 1 is 0.870 bits per heavy atom. The molecule has 242 valence electrons. The molecule has 1 saturated heterocycles. The van der Waals surface area contributed by atoms with Gasteiger partial charge in [-0.15, -0.1) is 0 Å². The third kappa shape index (κ3) is 7.58. The SMILES string of the molecule is COc1cccc(C2(CNC(=O)Nc3c(C(C)C)cc(N)cc3C(C)C)CCN(c3ccccc3OCc3ccccc3)CC2)c1. The molecular formula is C39H48N4O3. The molecule has 4 aromatic rings. The summed E-state index contributed by atoms with van der Waals surface area (Å²) in [6, 6.07) is 30.5. The Morgan fingerprint density at radius 3 is 2.17 bits per heavy atom. The van der Waals surface area contributed by atoms with E-state index in [0.29, 0.717) is 18.8 Å². The van der Waals surface area contributed by atoms with Crippen molar-refractivity contribution in [3.05, 3.63) is 113 Å². The predicted molar refractivity (Wildman–Crippen MR) is 189 cm³/mol. The Morgan fingerprint density at radius 2 is 1.52 bits per heavy atom. The fourth-order valence-corrected chi connectivity index (χ4v) is 6.45. The number of nitrogens with zero attached hydrogens (tertiary/aromatic N) is 1. The number of nitrogens with two attached hydrogens (primary N) is 1. The summed E-state index contributed by atoms with van der Waals surface area (Å²) < 4.78 is 11.9. The summed E-state index contributed by atoms with van der Waals surface area (Å²) in [6.07, 6.45) is 1.70. The quantitative estimate of drug-likeness (QED) is 0.146. The maximum Gasteiger partial charge on any atom is 0.319 e. The van der Waals surface area contributed by atoms with Crippen molar-refractivity contribution in [2.75, 3.05) is 42.7 Å². The summed E-state index contributed by atoms with van der Waals surface area (Å²) in [7, 11) is 1.69. The molecule has 0 unspecified atom stereocenters. The van der Waals surface area contributed by atoms with Gasteiger partial charge >= 0.3 is 6.03 Å². The van der Waals surface area contributed by atoms with Crippen molar-refractivity contribution in [2.45, 2.75) is 64.4 Å². The van der Waals surface area contributed by atoms with Crippen molar-refractivity contribution in [1.82, 2.24) is 5.32 Å². The summed E-state index contributed by atoms with van der Waals surface area (Å²) in [6.45, 7) is 11.1. The highest BCUT2D eigenvalue weighted by molar-refractivity contribution is 5.92. The number of para-hydroxylation sites is 2. The highest BCUT2D eigenvalue weighted by Crippen LogP contribution is 2.40. The summed E-state index contributed by atoms with van der Waals surface area (Å²) in [5, 5.41) is 6.48. The zero-order valence-electron chi connectivity index (χ0n) is 27.8. The van der Waals surface area contributed by atoms with Gasteiger partial charge in [0.05, 0.1) is 12.8 Å². The van der Waals surface area contributed by atoms with Gasteiger partial charge in [-0.05, 0) is 83.3 Å². The molecule has 1 aliphatic rings. The summed E-state index contributed by atoms with van der Waals surface area (Å²) >= 11 is 0. The van der Waals surface area contributed by atoms with E-state index in [1.54, 1.807) is 7.11 Å². The molecule has 0 bridgehead atoms. The van der Waals surface area contributed by atoms with Gasteiger partial charge < -0.3 is 30.7 Å². The number of carbonyl (C=O) groups excluding carboxylic acids is 1. The van der Waals surface area contributed by atoms with Gasteiger partial charge in [0.1, 0.15) is 18.1 Å². The van der Waals surface area contributed by atoms with Crippen LogP contribution in [0, 0.1) is 0 Å². The smallest absolute Gasteiger partial charge is 0.319 e. The van der Waals surface area contributed by atoms with Crippen LogP contribution in [0.5, 0.6) is 11.5 Å². The van der Waals surface area contributed by atoms with Crippen LogP contribution in [-0.4, -0.2) is 32.8 Å². The Bertz CT molecular complexity index is 1580. The van der Waals surface area contributed by atoms with Crippen LogP contribution in [0.15, 0.2) is 91.0 Å². The molecular weight excluding hydrogens is 572 g/mol. The van der Waals surface area contributed by atoms with E-state index < -0.39 is 0 Å². The number of anilines is 3. The lowest BCUT2D eigenvalue weighted by molar-refractivity contribution is 0.244. The van der Waals surface area contributed by atoms with Gasteiger partial charge in [-0.1, -0.05) is 82.3 Å². The van der Waals surface area contributed by atoms with Gasteiger partial charge in [-0.25, -0.2) is 4.79 Å². The lowest BCUT2D eigenvalue weighted by Crippen LogP contribution is -2.49. The van der Waals surface area contributed by atoms with Crippen LogP contribution < -0.4 is 30.7 Å². The molecule has 0 aromatic heterocycles. The van der Waals surface area contributed by atoms with Crippen LogP contribution >= 0.6 is 0 Å². The molecule has 1 heterocycles. The van der Waals surface area contributed by atoms with E-state index in [1.807, 2.05) is 54.6 Å². The maximum absolute atomic E-state index is 13.6. The first-order valence-electron chi connectivity index (χ1n) is 16.3. The minimum atomic E-state index is -0.273. The van der Waals surface area contributed by atoms with Gasteiger partial charge in [0.15, 0.2) is 0 Å². The number of nitrogens with one attached hydrogen (secondary N) is 2. The molecule has 0 radical (unpaired) electrons. The lowest BCUT2D eigenvalue weighted by atomic mass is 9.72. The van der Waals surface area contributed by atoms with Crippen LogP contribution in [0.4, 0.5) is 21.9 Å². The van der Waals surface area contributed by atoms with E-state index in [4.69, 9.17) is 15.2 Å². The average molecular weight is 621 g/mol. The van der Waals surface area contributed by atoms with Crippen molar-refractivity contribution in [3.63, 3.8) is 0 Å². The molecule has 0 aliphatic carbocycles. The molecule has 7 nitrogen and oxygen atoms in total. The largest absolute Gasteiger partial charge is 0.497 e. The van der Waals surface area contributed by atoms with E-state index in [1.165, 1.54) is 5.56 Å². The number of ether oxygens (including phenoxy) is 2. The van der Waals surface area contributed by atoms with Gasteiger partial charge in [-0.3, -0.25) is 0 Å². The second kappa shape index (κ2) is 14.6. The first-order chi connectivity index (χ1) is 22.2. The van der Waals surface area contributed by atoms with Crippen molar-refractivity contribution in [2.24, 2.45) is 0 Å². The van der Waals surface area contributed by atoms with Gasteiger partial charge in [-0.2, -0.15) is 0 Å². The highest BCUT2D eigenvalue weighted by atomic mass is 16.5. The molecule has 1 aliphatic heterocycles. The second-order valence-corrected chi connectivity index (χ2v) is 12.9. The lowest BCUT2D eigenvalue weighted by Gasteiger charge is -2.43. The summed E-state index contributed by atoms with van der Waals surface area (Å²) in [5.41, 5.74) is 13.0. The average Bonchev–Trinajstić information content (AvgIpc) is 3.07. The molecule has 7 heteroatoms. The Hall–Kier alpha value is -4.65. The fraction of sp³-hybridized carbons (Fsp3) is 0.359. The van der Waals surface area contributed by atoms with Crippen LogP contribution in [0.1, 0.15) is 74.6 Å². The Balaban J connectivity index is 1.35. The minimum Gasteiger partial charge on any atom is -0.497 e. The summed E-state index contributed by atoms with van der Waals surface area (Å²) in [5.74, 6) is 2.11. The number of hydrogen-bond donors (Lipinski definition) is 3. The number of urea groups is 1. The van der Waals surface area contributed by atoms with E-state index in [0.717, 1.165) is 65.5 Å². The standard InChI is InChI=1S/C39H48N4O3/c1-27(2)33-23-31(40)24-34(28(3)4)37(33)42-38(44)41-26-39(30-14-11-15-32(22-30)45-5)18-20-43(21-19-39)35-16-9-10-17-36(35)46-25-29-12-7-6-8-13-29/h6-17,22-24,27-28H,18-21,25-26,40H2,1-5H3,(H2,41,42,44). The van der Waals surface area contributed by atoms with Crippen molar-refractivity contribution in [1.29, 1.82) is 0 Å². The topological polar surface area (TPSA) is 88.8 Å². The third-order valence-corrected chi connectivity index (χ3v) is 9.14. The van der Waals surface area contributed by atoms with Crippen molar-refractivity contribution in [3.8, 4) is 11.5 Å². The minimum absolute atomic E-state index is 0.210. The van der Waals surface area contributed by atoms with E-state index in [2.05, 4.69) is 79.6 Å². The Kier molecular flexibility index (Phi) is 10.4. The number of piperidine rings is 1. The van der Waals surface area contributed by atoms with E-state index in [-0.39, 0.29) is 23.3 Å². The zero-order valence-corrected chi connectivity index (χ0v) is 27.8. The van der Waals surface area contributed by atoms with Crippen molar-refractivity contribution < 1.29 is 14.3 Å². The fourth-order valence-electron chi connectivity index (χ4n) is 6.45. The third-order valence-electron chi connectivity index (χ3n) is 9.14. The predicted octanol–water partition coefficient (Wildman–Crippen LogP) is 8.46. The van der Waals surface area contributed by atoms with Gasteiger partial charge in [0, 0.05) is 36.4 Å². The maximum atomic E-state index is 13.6. The first-order valence-corrected chi connectivity index (χ1v) is 16.3. The number of benzene rings is 4. The molecule has 46 heavy (non-hydrogen) atoms. The number of carbonyl (C=O) groups is 1. The Labute approximate surface area is 274 Å². The van der Waals surface area contributed by atoms with Crippen molar-refractivity contribution >= 4 is 23.1 Å². The van der Waals surface area contributed by atoms with Crippen LogP contribution in [0.2, 0.25) is 0 Å². The van der Waals surface area contributed by atoms with Crippen LogP contribution in [0.3, 0.4) is 0 Å². The number of rotatable bonds is 11. The number of amides is 2. The number of nitrogen functional groups attached to an aromatic ring is 1. The molecule has 4 N–H and O–H groups in total. The normalized spacial score (nSPS) is 14.3. The highest BCUT2D eigenvalue weighted by Gasteiger charge is 2.37. The monoisotopic (exact) mass is 620 g/mol. The molecule has 4 aromatic carbocycles. The van der Waals surface area contributed by atoms with E-state index >= 15 is 0 Å². The van der Waals surface area contributed by atoms with Gasteiger partial charge in [0.2, 0.25) is 0 Å². The number of methoxy groups -OCH3 is 1. The number of hydrogen-bond acceptors (Lipinski definition) is 5. The first kappa shape index (κ1) is 32.7. The zero-order chi connectivity index (χ0) is 32.7. The molecule has 0 atom stereocenters. The van der Waals surface area contributed by atoms with Crippen LogP contribution in [0.25, 0.3) is 0 Å². The van der Waals surface area contributed by atoms with E-state index in [9.17, 15) is 4.79 Å². The summed E-state index contributed by atoms with van der Waals surface area (Å²) in [4.78, 5) is 16.0. The molecule has 5 rings (SSSR count).